The van der Waals surface area contributed by atoms with Crippen LogP contribution in [0.2, 0.25) is 0 Å². The number of nitrogens with zero attached hydrogens (tertiary/aromatic N) is 2. The van der Waals surface area contributed by atoms with Crippen LogP contribution in [0.15, 0.2) is 60.9 Å². The number of nitrogens with one attached hydrogen (secondary N) is 2. The number of aromatic amines is 1. The van der Waals surface area contributed by atoms with E-state index in [0.29, 0.717) is 6.54 Å². The lowest BCUT2D eigenvalue weighted by molar-refractivity contribution is 1.04. The third-order valence-electron chi connectivity index (χ3n) is 3.53. The Kier molecular flexibility index (Phi) is 2.78. The first-order valence-electron chi connectivity index (χ1n) is 6.90. The zero-order valence-corrected chi connectivity index (χ0v) is 11.4. The van der Waals surface area contributed by atoms with E-state index < -0.39 is 0 Å². The molecule has 0 amide bonds. The van der Waals surface area contributed by atoms with E-state index in [-0.39, 0.29) is 0 Å². The molecule has 0 bridgehead atoms. The van der Waals surface area contributed by atoms with Gasteiger partial charge in [-0.2, -0.15) is 0 Å². The van der Waals surface area contributed by atoms with Gasteiger partial charge in [-0.05, 0) is 36.4 Å². The highest BCUT2D eigenvalue weighted by molar-refractivity contribution is 5.83. The van der Waals surface area contributed by atoms with E-state index >= 15 is 0 Å². The molecule has 4 aromatic rings. The molecule has 4 nitrogen and oxygen atoms in total. The molecule has 4 heteroatoms. The van der Waals surface area contributed by atoms with Gasteiger partial charge in [0, 0.05) is 22.8 Å². The normalized spacial score (nSPS) is 11.0. The van der Waals surface area contributed by atoms with Gasteiger partial charge in [0.1, 0.15) is 0 Å². The molecule has 0 aliphatic carbocycles. The van der Waals surface area contributed by atoms with E-state index in [2.05, 4.69) is 44.5 Å². The number of aromatic nitrogens is 3. The summed E-state index contributed by atoms with van der Waals surface area (Å²) in [6.07, 6.45) is 3.77. The predicted molar refractivity (Wildman–Crippen MR) is 85.2 cm³/mol. The average Bonchev–Trinajstić information content (AvgIpc) is 3.00. The van der Waals surface area contributed by atoms with E-state index in [1.165, 1.54) is 5.39 Å². The summed E-state index contributed by atoms with van der Waals surface area (Å²) in [5.41, 5.74) is 5.01. The van der Waals surface area contributed by atoms with Gasteiger partial charge in [-0.1, -0.05) is 12.1 Å². The minimum absolute atomic E-state index is 0.660. The highest BCUT2D eigenvalue weighted by atomic mass is 14.9. The minimum atomic E-state index is 0.660. The summed E-state index contributed by atoms with van der Waals surface area (Å²) in [6, 6.07) is 16.2. The summed E-state index contributed by atoms with van der Waals surface area (Å²) in [5, 5.41) is 4.59. The second kappa shape index (κ2) is 4.90. The third kappa shape index (κ3) is 2.31. The van der Waals surface area contributed by atoms with Crippen LogP contribution in [0.5, 0.6) is 0 Å². The van der Waals surface area contributed by atoms with E-state index in [0.717, 1.165) is 27.9 Å². The molecule has 0 spiro atoms. The molecule has 2 aromatic heterocycles. The van der Waals surface area contributed by atoms with Crippen molar-refractivity contribution in [3.8, 4) is 0 Å². The van der Waals surface area contributed by atoms with Crippen LogP contribution >= 0.6 is 0 Å². The van der Waals surface area contributed by atoms with E-state index in [1.807, 2.05) is 36.7 Å². The van der Waals surface area contributed by atoms with Crippen LogP contribution in [0.3, 0.4) is 0 Å². The van der Waals surface area contributed by atoms with Crippen molar-refractivity contribution in [2.75, 3.05) is 5.32 Å². The molecule has 4 rings (SSSR count). The maximum Gasteiger partial charge on any atom is 0.0890 e. The van der Waals surface area contributed by atoms with E-state index in [9.17, 15) is 0 Å². The zero-order chi connectivity index (χ0) is 14.1. The molecule has 2 aromatic carbocycles. The van der Waals surface area contributed by atoms with Crippen molar-refractivity contribution in [2.24, 2.45) is 0 Å². The van der Waals surface area contributed by atoms with Gasteiger partial charge in [0.15, 0.2) is 0 Å². The maximum absolute atomic E-state index is 4.61. The molecule has 2 heterocycles. The number of H-pyrrole nitrogens is 1. The lowest BCUT2D eigenvalue weighted by atomic mass is 10.2. The van der Waals surface area contributed by atoms with E-state index in [4.69, 9.17) is 0 Å². The predicted octanol–water partition coefficient (Wildman–Crippen LogP) is 3.72. The van der Waals surface area contributed by atoms with Crippen molar-refractivity contribution in [3.05, 3.63) is 66.6 Å². The van der Waals surface area contributed by atoms with Crippen molar-refractivity contribution >= 4 is 27.6 Å². The smallest absolute Gasteiger partial charge is 0.0890 e. The summed E-state index contributed by atoms with van der Waals surface area (Å²) in [7, 11) is 0. The van der Waals surface area contributed by atoms with Gasteiger partial charge in [-0.3, -0.25) is 4.98 Å². The third-order valence-corrected chi connectivity index (χ3v) is 3.53. The summed E-state index contributed by atoms with van der Waals surface area (Å²) >= 11 is 0. The number of hydrogen-bond acceptors (Lipinski definition) is 3. The molecule has 0 radical (unpaired) electrons. The van der Waals surface area contributed by atoms with Crippen LogP contribution in [0.25, 0.3) is 21.9 Å². The number of anilines is 1. The quantitative estimate of drug-likeness (QED) is 0.598. The monoisotopic (exact) mass is 274 g/mol. The Labute approximate surface area is 121 Å². The molecule has 0 aliphatic rings. The molecule has 21 heavy (non-hydrogen) atoms. The summed E-state index contributed by atoms with van der Waals surface area (Å²) < 4.78 is 0. The second-order valence-corrected chi connectivity index (χ2v) is 4.98. The highest BCUT2D eigenvalue weighted by Gasteiger charge is 2.01. The van der Waals surface area contributed by atoms with Crippen molar-refractivity contribution < 1.29 is 0 Å². The fourth-order valence-electron chi connectivity index (χ4n) is 2.44. The molecule has 0 unspecified atom stereocenters. The summed E-state index contributed by atoms with van der Waals surface area (Å²) in [5.74, 6) is 0. The van der Waals surface area contributed by atoms with E-state index in [1.54, 1.807) is 0 Å². The zero-order valence-electron chi connectivity index (χ0n) is 11.4. The number of benzene rings is 2. The Morgan fingerprint density at radius 2 is 1.90 bits per heavy atom. The Balaban J connectivity index is 1.56. The molecular weight excluding hydrogens is 260 g/mol. The number of para-hydroxylation sites is 2. The first-order chi connectivity index (χ1) is 10.4. The van der Waals surface area contributed by atoms with Crippen molar-refractivity contribution in [1.29, 1.82) is 0 Å². The molecule has 0 aliphatic heterocycles. The van der Waals surface area contributed by atoms with Crippen LogP contribution in [-0.2, 0) is 6.54 Å². The SMILES string of the molecule is c1ccc2nc(CNc3ccc4[nH]ccc4c3)cnc2c1. The van der Waals surface area contributed by atoms with Crippen LogP contribution in [0.1, 0.15) is 5.69 Å². The summed E-state index contributed by atoms with van der Waals surface area (Å²) in [4.78, 5) is 12.2. The first kappa shape index (κ1) is 11.9. The highest BCUT2D eigenvalue weighted by Crippen LogP contribution is 2.18. The lowest BCUT2D eigenvalue weighted by Crippen LogP contribution is -2.02. The summed E-state index contributed by atoms with van der Waals surface area (Å²) in [6.45, 7) is 0.660. The average molecular weight is 274 g/mol. The number of rotatable bonds is 3. The van der Waals surface area contributed by atoms with Gasteiger partial charge in [0.05, 0.1) is 29.5 Å². The van der Waals surface area contributed by atoms with Crippen molar-refractivity contribution in [1.82, 2.24) is 15.0 Å². The number of fused-ring (bicyclic) bond motifs is 2. The molecule has 0 fully saturated rings. The Morgan fingerprint density at radius 3 is 2.86 bits per heavy atom. The molecule has 0 saturated heterocycles. The maximum atomic E-state index is 4.61. The van der Waals surface area contributed by atoms with Gasteiger partial charge < -0.3 is 10.3 Å². The van der Waals surface area contributed by atoms with Gasteiger partial charge in [0.25, 0.3) is 0 Å². The van der Waals surface area contributed by atoms with Crippen LogP contribution in [0.4, 0.5) is 5.69 Å². The fourth-order valence-corrected chi connectivity index (χ4v) is 2.44. The van der Waals surface area contributed by atoms with Gasteiger partial charge in [-0.15, -0.1) is 0 Å². The molecule has 0 atom stereocenters. The second-order valence-electron chi connectivity index (χ2n) is 4.98. The standard InChI is InChI=1S/C17H14N4/c1-2-4-17-16(3-1)20-11-14(21-17)10-19-13-5-6-15-12(9-13)7-8-18-15/h1-9,11,18-19H,10H2. The largest absolute Gasteiger partial charge is 0.379 e. The van der Waals surface area contributed by atoms with Gasteiger partial charge >= 0.3 is 0 Å². The van der Waals surface area contributed by atoms with Crippen molar-refractivity contribution in [3.63, 3.8) is 0 Å². The molecular formula is C17H14N4. The molecule has 102 valence electrons. The van der Waals surface area contributed by atoms with Crippen LogP contribution in [-0.4, -0.2) is 15.0 Å². The minimum Gasteiger partial charge on any atom is -0.379 e. The van der Waals surface area contributed by atoms with Gasteiger partial charge in [0.2, 0.25) is 0 Å². The Hall–Kier alpha value is -2.88. The Morgan fingerprint density at radius 1 is 1.00 bits per heavy atom. The van der Waals surface area contributed by atoms with Gasteiger partial charge in [-0.25, -0.2) is 4.98 Å². The number of hydrogen-bond donors (Lipinski definition) is 2. The lowest BCUT2D eigenvalue weighted by Gasteiger charge is -2.06. The molecule has 2 N–H and O–H groups in total. The Bertz CT molecular complexity index is 911. The van der Waals surface area contributed by atoms with Crippen LogP contribution < -0.4 is 5.32 Å². The van der Waals surface area contributed by atoms with Crippen LogP contribution in [0, 0.1) is 0 Å². The van der Waals surface area contributed by atoms with Crippen molar-refractivity contribution in [2.45, 2.75) is 6.54 Å². The first-order valence-corrected chi connectivity index (χ1v) is 6.90. The topological polar surface area (TPSA) is 53.6 Å². The fraction of sp³-hybridized carbons (Fsp3) is 0.0588. The molecule has 0 saturated carbocycles.